The smallest absolute Gasteiger partial charge is 0.248 e. The normalized spacial score (nSPS) is 10.7. The molecule has 4 heteroatoms. The van der Waals surface area contributed by atoms with Gasteiger partial charge in [-0.15, -0.1) is 0 Å². The number of carbonyl (C=O) groups is 1. The molecule has 20 heavy (non-hydrogen) atoms. The van der Waals surface area contributed by atoms with Gasteiger partial charge in [0.15, 0.2) is 0 Å². The lowest BCUT2D eigenvalue weighted by Crippen LogP contribution is -2.07. The summed E-state index contributed by atoms with van der Waals surface area (Å²) in [5.41, 5.74) is 8.87. The molecule has 0 unspecified atom stereocenters. The van der Waals surface area contributed by atoms with Crippen molar-refractivity contribution >= 4 is 23.4 Å². The van der Waals surface area contributed by atoms with Crippen LogP contribution >= 0.6 is 0 Å². The summed E-state index contributed by atoms with van der Waals surface area (Å²) in [5.74, 6) is -0.621. The van der Waals surface area contributed by atoms with E-state index < -0.39 is 0 Å². The standard InChI is InChI=1S/C16H15FN2O/c1-11-2-3-12(10-15(11)18)4-9-16(20)19-14-7-5-13(17)6-8-14/h2-10H,18H2,1H3,(H,19,20)/b9-4+. The van der Waals surface area contributed by atoms with Gasteiger partial charge in [0.2, 0.25) is 5.91 Å². The van der Waals surface area contributed by atoms with E-state index in [1.165, 1.54) is 30.3 Å². The first-order chi connectivity index (χ1) is 9.54. The molecular weight excluding hydrogens is 255 g/mol. The van der Waals surface area contributed by atoms with Crippen molar-refractivity contribution in [2.45, 2.75) is 6.92 Å². The molecule has 0 atom stereocenters. The topological polar surface area (TPSA) is 55.1 Å². The molecule has 102 valence electrons. The number of nitrogens with two attached hydrogens (primary N) is 1. The summed E-state index contributed by atoms with van der Waals surface area (Å²) < 4.78 is 12.7. The highest BCUT2D eigenvalue weighted by Crippen LogP contribution is 2.14. The fraction of sp³-hybridized carbons (Fsp3) is 0.0625. The third-order valence-electron chi connectivity index (χ3n) is 2.84. The van der Waals surface area contributed by atoms with Crippen molar-refractivity contribution in [3.8, 4) is 0 Å². The Morgan fingerprint density at radius 3 is 2.55 bits per heavy atom. The summed E-state index contributed by atoms with van der Waals surface area (Å²) in [4.78, 5) is 11.7. The van der Waals surface area contributed by atoms with Crippen LogP contribution in [0.1, 0.15) is 11.1 Å². The number of anilines is 2. The summed E-state index contributed by atoms with van der Waals surface area (Å²) >= 11 is 0. The number of nitrogens with one attached hydrogen (secondary N) is 1. The highest BCUT2D eigenvalue weighted by molar-refractivity contribution is 6.01. The van der Waals surface area contributed by atoms with Crippen molar-refractivity contribution in [1.82, 2.24) is 0 Å². The van der Waals surface area contributed by atoms with Gasteiger partial charge >= 0.3 is 0 Å². The fourth-order valence-corrected chi connectivity index (χ4v) is 1.65. The zero-order valence-corrected chi connectivity index (χ0v) is 11.1. The lowest BCUT2D eigenvalue weighted by atomic mass is 10.1. The quantitative estimate of drug-likeness (QED) is 0.663. The van der Waals surface area contributed by atoms with Gasteiger partial charge in [-0.2, -0.15) is 0 Å². The van der Waals surface area contributed by atoms with Gasteiger partial charge in [0, 0.05) is 17.5 Å². The number of aryl methyl sites for hydroxylation is 1. The van der Waals surface area contributed by atoms with E-state index in [0.29, 0.717) is 11.4 Å². The van der Waals surface area contributed by atoms with Crippen molar-refractivity contribution in [2.24, 2.45) is 0 Å². The van der Waals surface area contributed by atoms with E-state index in [2.05, 4.69) is 5.32 Å². The summed E-state index contributed by atoms with van der Waals surface area (Å²) in [7, 11) is 0. The second-order valence-electron chi connectivity index (χ2n) is 4.45. The Hall–Kier alpha value is -2.62. The van der Waals surface area contributed by atoms with Crippen LogP contribution in [0.25, 0.3) is 6.08 Å². The molecule has 0 fully saturated rings. The zero-order chi connectivity index (χ0) is 14.5. The molecule has 0 saturated carbocycles. The Morgan fingerprint density at radius 2 is 1.90 bits per heavy atom. The number of halogens is 1. The number of benzene rings is 2. The van der Waals surface area contributed by atoms with E-state index >= 15 is 0 Å². The van der Waals surface area contributed by atoms with Crippen LogP contribution < -0.4 is 11.1 Å². The van der Waals surface area contributed by atoms with Gasteiger partial charge < -0.3 is 11.1 Å². The van der Waals surface area contributed by atoms with E-state index in [1.54, 1.807) is 12.1 Å². The van der Waals surface area contributed by atoms with E-state index in [9.17, 15) is 9.18 Å². The van der Waals surface area contributed by atoms with Crippen molar-refractivity contribution in [1.29, 1.82) is 0 Å². The maximum absolute atomic E-state index is 12.7. The first-order valence-corrected chi connectivity index (χ1v) is 6.15. The summed E-state index contributed by atoms with van der Waals surface area (Å²) in [5, 5.41) is 2.64. The van der Waals surface area contributed by atoms with Gasteiger partial charge in [0.25, 0.3) is 0 Å². The third kappa shape index (κ3) is 3.68. The van der Waals surface area contributed by atoms with Crippen molar-refractivity contribution in [3.05, 3.63) is 65.5 Å². The molecule has 3 nitrogen and oxygen atoms in total. The molecule has 0 radical (unpaired) electrons. The van der Waals surface area contributed by atoms with Crippen LogP contribution in [0.15, 0.2) is 48.5 Å². The number of hydrogen-bond donors (Lipinski definition) is 2. The van der Waals surface area contributed by atoms with Crippen LogP contribution in [0, 0.1) is 12.7 Å². The molecule has 1 amide bonds. The maximum atomic E-state index is 12.7. The first-order valence-electron chi connectivity index (χ1n) is 6.15. The Kier molecular flexibility index (Phi) is 4.15. The van der Waals surface area contributed by atoms with Gasteiger partial charge in [-0.1, -0.05) is 12.1 Å². The van der Waals surface area contributed by atoms with Crippen LogP contribution in [-0.4, -0.2) is 5.91 Å². The Bertz CT molecular complexity index is 648. The molecule has 3 N–H and O–H groups in total. The van der Waals surface area contributed by atoms with Crippen LogP contribution in [0.2, 0.25) is 0 Å². The highest BCUT2D eigenvalue weighted by atomic mass is 19.1. The number of hydrogen-bond acceptors (Lipinski definition) is 2. The van der Waals surface area contributed by atoms with Gasteiger partial charge in [0.1, 0.15) is 5.82 Å². The predicted octanol–water partition coefficient (Wildman–Crippen LogP) is 3.37. The lowest BCUT2D eigenvalue weighted by molar-refractivity contribution is -0.111. The average molecular weight is 270 g/mol. The predicted molar refractivity (Wildman–Crippen MR) is 79.7 cm³/mol. The second-order valence-corrected chi connectivity index (χ2v) is 4.45. The molecule has 0 aliphatic carbocycles. The number of rotatable bonds is 3. The number of carbonyl (C=O) groups excluding carboxylic acids is 1. The molecule has 2 rings (SSSR count). The Morgan fingerprint density at radius 1 is 1.20 bits per heavy atom. The van der Waals surface area contributed by atoms with Crippen LogP contribution in [0.5, 0.6) is 0 Å². The highest BCUT2D eigenvalue weighted by Gasteiger charge is 1.99. The van der Waals surface area contributed by atoms with Gasteiger partial charge in [0.05, 0.1) is 0 Å². The molecule has 0 heterocycles. The maximum Gasteiger partial charge on any atom is 0.248 e. The SMILES string of the molecule is Cc1ccc(/C=C/C(=O)Nc2ccc(F)cc2)cc1N. The largest absolute Gasteiger partial charge is 0.398 e. The van der Waals surface area contributed by atoms with E-state index in [-0.39, 0.29) is 11.7 Å². The lowest BCUT2D eigenvalue weighted by Gasteiger charge is -2.02. The molecule has 0 aliphatic heterocycles. The van der Waals surface area contributed by atoms with Crippen molar-refractivity contribution in [3.63, 3.8) is 0 Å². The molecule has 2 aromatic rings. The molecule has 0 spiro atoms. The van der Waals surface area contributed by atoms with Crippen LogP contribution in [0.4, 0.5) is 15.8 Å². The monoisotopic (exact) mass is 270 g/mol. The molecule has 0 aromatic heterocycles. The van der Waals surface area contributed by atoms with E-state index in [4.69, 9.17) is 5.73 Å². The third-order valence-corrected chi connectivity index (χ3v) is 2.84. The second kappa shape index (κ2) is 6.02. The fourth-order valence-electron chi connectivity index (χ4n) is 1.65. The molecule has 0 bridgehead atoms. The minimum absolute atomic E-state index is 0.282. The Labute approximate surface area is 116 Å². The van der Waals surface area contributed by atoms with E-state index in [1.807, 2.05) is 19.1 Å². The van der Waals surface area contributed by atoms with Crippen molar-refractivity contribution < 1.29 is 9.18 Å². The summed E-state index contributed by atoms with van der Waals surface area (Å²) in [6.45, 7) is 1.92. The number of nitrogen functional groups attached to an aromatic ring is 1. The van der Waals surface area contributed by atoms with Gasteiger partial charge in [-0.3, -0.25) is 4.79 Å². The van der Waals surface area contributed by atoms with Crippen molar-refractivity contribution in [2.75, 3.05) is 11.1 Å². The van der Waals surface area contributed by atoms with Crippen LogP contribution in [0.3, 0.4) is 0 Å². The minimum Gasteiger partial charge on any atom is -0.398 e. The van der Waals surface area contributed by atoms with Gasteiger partial charge in [-0.25, -0.2) is 4.39 Å². The first kappa shape index (κ1) is 13.8. The van der Waals surface area contributed by atoms with Crippen LogP contribution in [-0.2, 0) is 4.79 Å². The number of amides is 1. The zero-order valence-electron chi connectivity index (χ0n) is 11.1. The summed E-state index contributed by atoms with van der Waals surface area (Å²) in [6, 6.07) is 11.2. The Balaban J connectivity index is 2.01. The summed E-state index contributed by atoms with van der Waals surface area (Å²) in [6.07, 6.45) is 3.09. The molecular formula is C16H15FN2O. The van der Waals surface area contributed by atoms with E-state index in [0.717, 1.165) is 11.1 Å². The average Bonchev–Trinajstić information content (AvgIpc) is 2.43. The molecule has 0 aliphatic rings. The molecule has 0 saturated heterocycles. The minimum atomic E-state index is -0.339. The van der Waals surface area contributed by atoms with Gasteiger partial charge in [-0.05, 0) is 54.5 Å². The molecule has 2 aromatic carbocycles.